The average molecular weight is 943 g/mol. The van der Waals surface area contributed by atoms with E-state index in [0.29, 0.717) is 0 Å². The van der Waals surface area contributed by atoms with Gasteiger partial charge in [0.05, 0.1) is 0 Å². The van der Waals surface area contributed by atoms with Crippen LogP contribution in [0.2, 0.25) is 0 Å². The van der Waals surface area contributed by atoms with Gasteiger partial charge in [0.25, 0.3) is 0 Å². The van der Waals surface area contributed by atoms with Crippen LogP contribution < -0.4 is 0 Å². The molecule has 15 aromatic rings. The molecule has 2 heterocycles. The fraction of sp³-hybridized carbons (Fsp3) is 0. The quantitative estimate of drug-likeness (QED) is 0.154. The van der Waals surface area contributed by atoms with Crippen molar-refractivity contribution in [3.8, 4) is 87.6 Å². The molecule has 0 saturated heterocycles. The van der Waals surface area contributed by atoms with Gasteiger partial charge in [0, 0.05) is 29.9 Å². The van der Waals surface area contributed by atoms with E-state index in [2.05, 4.69) is 231 Å². The van der Waals surface area contributed by atoms with Crippen molar-refractivity contribution in [2.75, 3.05) is 0 Å². The Hall–Kier alpha value is -8.66. The molecule has 330 valence electrons. The highest BCUT2D eigenvalue weighted by molar-refractivity contribution is 7.22. The monoisotopic (exact) mass is 942 g/mol. The first-order valence-electron chi connectivity index (χ1n) is 24.9. The van der Waals surface area contributed by atoms with E-state index in [1.54, 1.807) is 0 Å². The predicted octanol–water partition coefficient (Wildman–Crippen LogP) is 21.0. The van der Waals surface area contributed by atoms with E-state index in [1.807, 2.05) is 22.7 Å². The summed E-state index contributed by atoms with van der Waals surface area (Å²) in [5.41, 5.74) is 18.3. The van der Waals surface area contributed by atoms with Crippen LogP contribution in [0.4, 0.5) is 0 Å². The molecular weight excluding hydrogens is 905 g/mol. The molecule has 72 heavy (non-hydrogen) atoms. The van der Waals surface area contributed by atoms with E-state index in [-0.39, 0.29) is 0 Å². The van der Waals surface area contributed by atoms with Crippen molar-refractivity contribution in [2.24, 2.45) is 0 Å². The van der Waals surface area contributed by atoms with Gasteiger partial charge in [-0.15, -0.1) is 22.7 Å². The highest BCUT2D eigenvalue weighted by atomic mass is 32.1. The van der Waals surface area contributed by atoms with Gasteiger partial charge in [-0.05, 0) is 185 Å². The van der Waals surface area contributed by atoms with Gasteiger partial charge in [-0.1, -0.05) is 188 Å². The Morgan fingerprint density at radius 1 is 0.208 bits per heavy atom. The molecule has 2 aliphatic rings. The lowest BCUT2D eigenvalue weighted by molar-refractivity contribution is 1.69. The molecule has 0 spiro atoms. The maximum absolute atomic E-state index is 2.55. The SMILES string of the molecule is c1ccc(-c2cc3c(-c4c5c(cc6c4ccc4c7cc8c(c(-c9cccc%10sc(-c%11ccccc%11)cc9%10)c7ccc64)-c4cc6ccccc6c6cccc-8c46)-c4cccc6cccc-5c46)cccc3s2)cc1. The molecule has 0 bridgehead atoms. The summed E-state index contributed by atoms with van der Waals surface area (Å²) in [6.07, 6.45) is 0. The van der Waals surface area contributed by atoms with E-state index in [9.17, 15) is 0 Å². The van der Waals surface area contributed by atoms with Crippen molar-refractivity contribution in [3.05, 3.63) is 231 Å². The first kappa shape index (κ1) is 39.1. The Bertz CT molecular complexity index is 4890. The third kappa shape index (κ3) is 5.25. The number of thiophene rings is 2. The Balaban J connectivity index is 0.999. The van der Waals surface area contributed by atoms with Gasteiger partial charge in [0.1, 0.15) is 0 Å². The van der Waals surface area contributed by atoms with Gasteiger partial charge in [-0.3, -0.25) is 0 Å². The van der Waals surface area contributed by atoms with E-state index in [0.717, 1.165) is 0 Å². The largest absolute Gasteiger partial charge is 0.135 e. The Labute approximate surface area is 422 Å². The number of benzene rings is 13. The highest BCUT2D eigenvalue weighted by Gasteiger charge is 2.31. The molecule has 17 rings (SSSR count). The third-order valence-corrected chi connectivity index (χ3v) is 18.4. The van der Waals surface area contributed by atoms with E-state index < -0.39 is 0 Å². The lowest BCUT2D eigenvalue weighted by Gasteiger charge is -2.20. The smallest absolute Gasteiger partial charge is 0.0355 e. The second kappa shape index (κ2) is 14.5. The molecule has 0 fully saturated rings. The molecule has 0 saturated carbocycles. The van der Waals surface area contributed by atoms with Gasteiger partial charge in [-0.25, -0.2) is 0 Å². The summed E-state index contributed by atoms with van der Waals surface area (Å²) in [5.74, 6) is 0. The van der Waals surface area contributed by atoms with Crippen LogP contribution in [-0.2, 0) is 0 Å². The van der Waals surface area contributed by atoms with Gasteiger partial charge >= 0.3 is 0 Å². The van der Waals surface area contributed by atoms with Gasteiger partial charge in [-0.2, -0.15) is 0 Å². The summed E-state index contributed by atoms with van der Waals surface area (Å²) in [6.45, 7) is 0. The number of fused-ring (bicyclic) bond motifs is 15. The molecule has 13 aromatic carbocycles. The molecule has 2 aromatic heterocycles. The Morgan fingerprint density at radius 3 is 1.28 bits per heavy atom. The van der Waals surface area contributed by atoms with E-state index >= 15 is 0 Å². The Kier molecular flexibility index (Phi) is 7.86. The van der Waals surface area contributed by atoms with Crippen LogP contribution in [0.25, 0.3) is 172 Å². The first-order valence-corrected chi connectivity index (χ1v) is 26.5. The summed E-state index contributed by atoms with van der Waals surface area (Å²) in [6, 6.07) is 87.5. The zero-order valence-electron chi connectivity index (χ0n) is 38.8. The van der Waals surface area contributed by atoms with Crippen LogP contribution in [0.5, 0.6) is 0 Å². The van der Waals surface area contributed by atoms with E-state index in [4.69, 9.17) is 0 Å². The number of hydrogen-bond donors (Lipinski definition) is 0. The maximum atomic E-state index is 2.55. The van der Waals surface area contributed by atoms with Crippen molar-refractivity contribution in [1.82, 2.24) is 0 Å². The van der Waals surface area contributed by atoms with E-state index in [1.165, 1.54) is 172 Å². The standard InChI is InChI=1S/C70H38S2/c1-3-14-39(15-4-1)63-37-56-47(25-12-28-61(56)71-63)67-51-32-30-45-44(54(51)35-58-49-22-9-19-41-20-10-27-53(65(41)49)69(58)67)31-33-52-55(45)36-59-50-24-11-23-46-43-21-8-7-18-42(43)34-60(66(46)50)70(59)68(52)48-26-13-29-62-57(48)38-64(72-62)40-16-5-2-6-17-40/h1-38H. The van der Waals surface area contributed by atoms with Crippen LogP contribution in [0, 0.1) is 0 Å². The van der Waals surface area contributed by atoms with Crippen LogP contribution in [0.3, 0.4) is 0 Å². The zero-order chi connectivity index (χ0) is 46.8. The molecule has 2 heteroatoms. The molecule has 2 aliphatic carbocycles. The zero-order valence-corrected chi connectivity index (χ0v) is 40.4. The van der Waals surface area contributed by atoms with Crippen LogP contribution >= 0.6 is 22.7 Å². The van der Waals surface area contributed by atoms with Crippen molar-refractivity contribution in [3.63, 3.8) is 0 Å². The Morgan fingerprint density at radius 2 is 0.667 bits per heavy atom. The highest BCUT2D eigenvalue weighted by Crippen LogP contribution is 2.59. The van der Waals surface area contributed by atoms with Gasteiger partial charge < -0.3 is 0 Å². The minimum atomic E-state index is 1.26. The van der Waals surface area contributed by atoms with Crippen molar-refractivity contribution < 1.29 is 0 Å². The summed E-state index contributed by atoms with van der Waals surface area (Å²) < 4.78 is 2.61. The van der Waals surface area contributed by atoms with Crippen LogP contribution in [0.1, 0.15) is 0 Å². The number of rotatable bonds is 4. The molecule has 0 amide bonds. The van der Waals surface area contributed by atoms with Crippen LogP contribution in [0.15, 0.2) is 231 Å². The van der Waals surface area contributed by atoms with Crippen molar-refractivity contribution >= 4 is 107 Å². The minimum absolute atomic E-state index is 1.26. The first-order chi connectivity index (χ1) is 35.7. The molecule has 0 atom stereocenters. The molecule has 0 nitrogen and oxygen atoms in total. The number of hydrogen-bond acceptors (Lipinski definition) is 2. The third-order valence-electron chi connectivity index (χ3n) is 16.1. The normalized spacial score (nSPS) is 12.4. The summed E-state index contributed by atoms with van der Waals surface area (Å²) in [7, 11) is 0. The van der Waals surface area contributed by atoms with Gasteiger partial charge in [0.15, 0.2) is 0 Å². The second-order valence-corrected chi connectivity index (χ2v) is 21.9. The lowest BCUT2D eigenvalue weighted by Crippen LogP contribution is -1.93. The minimum Gasteiger partial charge on any atom is -0.135 e. The van der Waals surface area contributed by atoms with Crippen molar-refractivity contribution in [1.29, 1.82) is 0 Å². The second-order valence-electron chi connectivity index (χ2n) is 19.7. The topological polar surface area (TPSA) is 0 Å². The fourth-order valence-electron chi connectivity index (χ4n) is 13.1. The summed E-state index contributed by atoms with van der Waals surface area (Å²) in [4.78, 5) is 2.58. The molecule has 0 N–H and O–H groups in total. The molecular formula is C70H38S2. The molecule has 0 unspecified atom stereocenters. The summed E-state index contributed by atoms with van der Waals surface area (Å²) >= 11 is 3.78. The molecule has 0 aliphatic heterocycles. The van der Waals surface area contributed by atoms with Crippen LogP contribution in [-0.4, -0.2) is 0 Å². The fourth-order valence-corrected chi connectivity index (χ4v) is 15.3. The summed E-state index contributed by atoms with van der Waals surface area (Å²) in [5, 5.41) is 18.2. The average Bonchev–Trinajstić information content (AvgIpc) is 4.23. The predicted molar refractivity (Wildman–Crippen MR) is 313 cm³/mol. The maximum Gasteiger partial charge on any atom is 0.0355 e. The van der Waals surface area contributed by atoms with Crippen molar-refractivity contribution in [2.45, 2.75) is 0 Å². The molecule has 0 radical (unpaired) electrons. The van der Waals surface area contributed by atoms with Gasteiger partial charge in [0.2, 0.25) is 0 Å². The lowest BCUT2D eigenvalue weighted by atomic mass is 9.83.